The van der Waals surface area contributed by atoms with Gasteiger partial charge in [-0.1, -0.05) is 6.92 Å². The molecule has 0 saturated carbocycles. The van der Waals surface area contributed by atoms with Crippen LogP contribution < -0.4 is 0 Å². The zero-order valence-corrected chi connectivity index (χ0v) is 9.03. The molecule has 3 heteroatoms. The van der Waals surface area contributed by atoms with Crippen molar-refractivity contribution in [1.82, 2.24) is 9.80 Å². The van der Waals surface area contributed by atoms with Gasteiger partial charge in [-0.3, -0.25) is 4.90 Å². The van der Waals surface area contributed by atoms with Gasteiger partial charge in [0.25, 0.3) is 0 Å². The highest BCUT2D eigenvalue weighted by molar-refractivity contribution is 4.84. The standard InChI is InChI=1S/C10H22N2O/c1-4-5-12-6-9(2)11(3)7-10(12)8-13/h9-10,13H,4-8H2,1-3H3. The lowest BCUT2D eigenvalue weighted by Gasteiger charge is -2.43. The second kappa shape index (κ2) is 4.94. The van der Waals surface area contributed by atoms with E-state index >= 15 is 0 Å². The highest BCUT2D eigenvalue weighted by atomic mass is 16.3. The van der Waals surface area contributed by atoms with E-state index in [9.17, 15) is 5.11 Å². The zero-order valence-electron chi connectivity index (χ0n) is 9.03. The van der Waals surface area contributed by atoms with Crippen LogP contribution in [0, 0.1) is 0 Å². The molecular formula is C10H22N2O. The summed E-state index contributed by atoms with van der Waals surface area (Å²) in [6.07, 6.45) is 1.17. The number of aliphatic hydroxyl groups is 1. The highest BCUT2D eigenvalue weighted by Crippen LogP contribution is 2.13. The molecule has 1 heterocycles. The molecule has 0 radical (unpaired) electrons. The number of piperazine rings is 1. The van der Waals surface area contributed by atoms with Crippen molar-refractivity contribution in [1.29, 1.82) is 0 Å². The van der Waals surface area contributed by atoms with Crippen LogP contribution in [0.25, 0.3) is 0 Å². The Kier molecular flexibility index (Phi) is 4.16. The molecule has 0 aromatic rings. The van der Waals surface area contributed by atoms with Crippen molar-refractivity contribution in [3.8, 4) is 0 Å². The maximum absolute atomic E-state index is 9.22. The Balaban J connectivity index is 2.50. The first-order chi connectivity index (χ1) is 6.19. The molecule has 2 unspecified atom stereocenters. The van der Waals surface area contributed by atoms with E-state index in [4.69, 9.17) is 0 Å². The van der Waals surface area contributed by atoms with Gasteiger partial charge in [-0.05, 0) is 26.9 Å². The molecule has 0 aromatic heterocycles. The van der Waals surface area contributed by atoms with Crippen molar-refractivity contribution in [2.45, 2.75) is 32.4 Å². The fraction of sp³-hybridized carbons (Fsp3) is 1.00. The quantitative estimate of drug-likeness (QED) is 0.691. The molecule has 0 amide bonds. The Morgan fingerprint density at radius 3 is 2.62 bits per heavy atom. The minimum absolute atomic E-state index is 0.289. The summed E-state index contributed by atoms with van der Waals surface area (Å²) in [6, 6.07) is 0.968. The number of likely N-dealkylation sites (N-methyl/N-ethyl adjacent to an activating group) is 1. The molecule has 3 nitrogen and oxygen atoms in total. The van der Waals surface area contributed by atoms with Crippen LogP contribution in [0.3, 0.4) is 0 Å². The summed E-state index contributed by atoms with van der Waals surface area (Å²) in [7, 11) is 2.14. The number of aliphatic hydroxyl groups excluding tert-OH is 1. The normalized spacial score (nSPS) is 32.3. The largest absolute Gasteiger partial charge is 0.395 e. The molecule has 2 atom stereocenters. The van der Waals surface area contributed by atoms with Crippen LogP contribution in [-0.2, 0) is 0 Å². The van der Waals surface area contributed by atoms with Gasteiger partial charge in [0.1, 0.15) is 0 Å². The number of nitrogens with zero attached hydrogens (tertiary/aromatic N) is 2. The molecule has 0 aliphatic carbocycles. The van der Waals surface area contributed by atoms with Gasteiger partial charge in [-0.15, -0.1) is 0 Å². The third-order valence-electron chi connectivity index (χ3n) is 2.99. The average molecular weight is 186 g/mol. The van der Waals surface area contributed by atoms with Crippen LogP contribution in [0.4, 0.5) is 0 Å². The van der Waals surface area contributed by atoms with E-state index in [1.54, 1.807) is 0 Å². The first kappa shape index (κ1) is 11.0. The molecule has 13 heavy (non-hydrogen) atoms. The number of hydrogen-bond donors (Lipinski definition) is 1. The van der Waals surface area contributed by atoms with Crippen molar-refractivity contribution < 1.29 is 5.11 Å². The summed E-state index contributed by atoms with van der Waals surface area (Å²) in [5.41, 5.74) is 0. The monoisotopic (exact) mass is 186 g/mol. The smallest absolute Gasteiger partial charge is 0.0599 e. The molecule has 1 N–H and O–H groups in total. The second-order valence-electron chi connectivity index (χ2n) is 4.12. The highest BCUT2D eigenvalue weighted by Gasteiger charge is 2.27. The van der Waals surface area contributed by atoms with Gasteiger partial charge in [0, 0.05) is 25.2 Å². The van der Waals surface area contributed by atoms with E-state index < -0.39 is 0 Å². The molecular weight excluding hydrogens is 164 g/mol. The zero-order chi connectivity index (χ0) is 9.84. The van der Waals surface area contributed by atoms with Gasteiger partial charge < -0.3 is 10.0 Å². The number of rotatable bonds is 3. The maximum atomic E-state index is 9.22. The Bertz CT molecular complexity index is 152. The van der Waals surface area contributed by atoms with Crippen LogP contribution in [-0.4, -0.2) is 60.3 Å². The van der Waals surface area contributed by atoms with E-state index in [2.05, 4.69) is 30.7 Å². The van der Waals surface area contributed by atoms with Crippen molar-refractivity contribution in [2.75, 3.05) is 33.3 Å². The topological polar surface area (TPSA) is 26.7 Å². The molecule has 0 bridgehead atoms. The van der Waals surface area contributed by atoms with Gasteiger partial charge in [0.2, 0.25) is 0 Å². The lowest BCUT2D eigenvalue weighted by atomic mass is 10.1. The molecule has 1 aliphatic rings. The van der Waals surface area contributed by atoms with Crippen LogP contribution in [0.5, 0.6) is 0 Å². The molecule has 1 fully saturated rings. The van der Waals surface area contributed by atoms with E-state index in [0.29, 0.717) is 12.1 Å². The first-order valence-corrected chi connectivity index (χ1v) is 5.24. The minimum Gasteiger partial charge on any atom is -0.395 e. The van der Waals surface area contributed by atoms with E-state index in [1.165, 1.54) is 6.42 Å². The van der Waals surface area contributed by atoms with E-state index in [1.807, 2.05) is 0 Å². The molecule has 0 spiro atoms. The fourth-order valence-electron chi connectivity index (χ4n) is 1.99. The minimum atomic E-state index is 0.289. The predicted octanol–water partition coefficient (Wildman–Crippen LogP) is 0.393. The third-order valence-corrected chi connectivity index (χ3v) is 2.99. The molecule has 0 aromatic carbocycles. The van der Waals surface area contributed by atoms with E-state index in [0.717, 1.165) is 19.6 Å². The fourth-order valence-corrected chi connectivity index (χ4v) is 1.99. The summed E-state index contributed by atoms with van der Waals surface area (Å²) in [4.78, 5) is 4.73. The Morgan fingerprint density at radius 1 is 1.38 bits per heavy atom. The van der Waals surface area contributed by atoms with Gasteiger partial charge in [0.15, 0.2) is 0 Å². The summed E-state index contributed by atoms with van der Waals surface area (Å²) < 4.78 is 0. The summed E-state index contributed by atoms with van der Waals surface area (Å²) >= 11 is 0. The molecule has 1 aliphatic heterocycles. The lowest BCUT2D eigenvalue weighted by Crippen LogP contribution is -2.57. The van der Waals surface area contributed by atoms with Gasteiger partial charge in [0.05, 0.1) is 6.61 Å². The Hall–Kier alpha value is -0.120. The summed E-state index contributed by atoms with van der Waals surface area (Å²) in [6.45, 7) is 7.93. The van der Waals surface area contributed by atoms with Crippen LogP contribution in [0.2, 0.25) is 0 Å². The van der Waals surface area contributed by atoms with Crippen molar-refractivity contribution in [3.05, 3.63) is 0 Å². The van der Waals surface area contributed by atoms with E-state index in [-0.39, 0.29) is 6.61 Å². The molecule has 1 saturated heterocycles. The second-order valence-corrected chi connectivity index (χ2v) is 4.12. The SMILES string of the molecule is CCCN1CC(C)N(C)CC1CO. The Labute approximate surface area is 81.3 Å². The predicted molar refractivity (Wildman–Crippen MR) is 54.8 cm³/mol. The Morgan fingerprint density at radius 2 is 2.08 bits per heavy atom. The lowest BCUT2D eigenvalue weighted by molar-refractivity contribution is 0.0226. The summed E-state index contributed by atoms with van der Waals surface area (Å²) in [5, 5.41) is 9.22. The van der Waals surface area contributed by atoms with Crippen LogP contribution >= 0.6 is 0 Å². The van der Waals surface area contributed by atoms with Gasteiger partial charge >= 0.3 is 0 Å². The van der Waals surface area contributed by atoms with Crippen molar-refractivity contribution in [2.24, 2.45) is 0 Å². The average Bonchev–Trinajstić information content (AvgIpc) is 2.11. The van der Waals surface area contributed by atoms with Gasteiger partial charge in [-0.2, -0.15) is 0 Å². The maximum Gasteiger partial charge on any atom is 0.0599 e. The number of hydrogen-bond acceptors (Lipinski definition) is 3. The summed E-state index contributed by atoms with van der Waals surface area (Å²) in [5.74, 6) is 0. The third kappa shape index (κ3) is 2.66. The van der Waals surface area contributed by atoms with Gasteiger partial charge in [-0.25, -0.2) is 0 Å². The molecule has 1 rings (SSSR count). The van der Waals surface area contributed by atoms with Crippen molar-refractivity contribution >= 4 is 0 Å². The van der Waals surface area contributed by atoms with Crippen LogP contribution in [0.15, 0.2) is 0 Å². The van der Waals surface area contributed by atoms with Crippen molar-refractivity contribution in [3.63, 3.8) is 0 Å². The first-order valence-electron chi connectivity index (χ1n) is 5.24. The van der Waals surface area contributed by atoms with Crippen LogP contribution in [0.1, 0.15) is 20.3 Å². The molecule has 78 valence electrons.